The quantitative estimate of drug-likeness (QED) is 0.548. The van der Waals surface area contributed by atoms with Crippen LogP contribution in [0.5, 0.6) is 5.75 Å². The molecule has 2 N–H and O–H groups in total. The zero-order chi connectivity index (χ0) is 18.9. The lowest BCUT2D eigenvalue weighted by atomic mass is 10.0. The van der Waals surface area contributed by atoms with E-state index in [0.29, 0.717) is 5.25 Å². The molecule has 0 amide bonds. The average molecular weight is 393 g/mol. The predicted molar refractivity (Wildman–Crippen MR) is 113 cm³/mol. The third-order valence-corrected chi connectivity index (χ3v) is 6.59. The highest BCUT2D eigenvalue weighted by molar-refractivity contribution is 8.00. The minimum Gasteiger partial charge on any atom is -0.497 e. The maximum absolute atomic E-state index is 5.54. The van der Waals surface area contributed by atoms with Gasteiger partial charge in [-0.1, -0.05) is 12.1 Å². The minimum atomic E-state index is 0.277. The molecule has 1 aromatic carbocycles. The second-order valence-electron chi connectivity index (χ2n) is 6.91. The van der Waals surface area contributed by atoms with Crippen molar-refractivity contribution in [2.45, 2.75) is 24.1 Å². The van der Waals surface area contributed by atoms with Crippen molar-refractivity contribution in [1.29, 1.82) is 0 Å². The Morgan fingerprint density at radius 3 is 2.70 bits per heavy atom. The molecule has 3 rings (SSSR count). The molecular weight excluding hydrogens is 360 g/mol. The first-order valence-electron chi connectivity index (χ1n) is 9.82. The summed E-state index contributed by atoms with van der Waals surface area (Å²) in [5, 5.41) is 7.74. The van der Waals surface area contributed by atoms with E-state index in [1.165, 1.54) is 24.2 Å². The summed E-state index contributed by atoms with van der Waals surface area (Å²) in [5.41, 5.74) is 1.28. The van der Waals surface area contributed by atoms with E-state index < -0.39 is 0 Å². The van der Waals surface area contributed by atoms with E-state index in [1.807, 2.05) is 19.2 Å². The Morgan fingerprint density at radius 1 is 1.30 bits per heavy atom. The monoisotopic (exact) mass is 392 g/mol. The van der Waals surface area contributed by atoms with Gasteiger partial charge in [0.1, 0.15) is 5.75 Å². The first-order chi connectivity index (χ1) is 13.3. The number of nitrogens with one attached hydrogen (secondary N) is 2. The normalized spacial score (nSPS) is 22.4. The summed E-state index contributed by atoms with van der Waals surface area (Å²) in [6, 6.07) is 8.66. The zero-order valence-electron chi connectivity index (χ0n) is 16.4. The fourth-order valence-electron chi connectivity index (χ4n) is 3.60. The number of morpholine rings is 1. The van der Waals surface area contributed by atoms with Gasteiger partial charge in [-0.25, -0.2) is 0 Å². The van der Waals surface area contributed by atoms with Crippen LogP contribution in [0, 0.1) is 0 Å². The summed E-state index contributed by atoms with van der Waals surface area (Å²) < 4.78 is 10.9. The summed E-state index contributed by atoms with van der Waals surface area (Å²) >= 11 is 2.06. The average Bonchev–Trinajstić information content (AvgIpc) is 3.25. The van der Waals surface area contributed by atoms with Crippen molar-refractivity contribution < 1.29 is 9.47 Å². The number of benzene rings is 1. The van der Waals surface area contributed by atoms with Gasteiger partial charge in [-0.3, -0.25) is 9.89 Å². The molecule has 6 nitrogen and oxygen atoms in total. The van der Waals surface area contributed by atoms with Crippen LogP contribution in [0.15, 0.2) is 29.3 Å². The van der Waals surface area contributed by atoms with Crippen LogP contribution in [0.2, 0.25) is 0 Å². The molecule has 2 atom stereocenters. The molecular formula is C20H32N4O2S. The molecule has 27 heavy (non-hydrogen) atoms. The van der Waals surface area contributed by atoms with Crippen molar-refractivity contribution in [3.63, 3.8) is 0 Å². The van der Waals surface area contributed by atoms with E-state index in [0.717, 1.165) is 51.1 Å². The van der Waals surface area contributed by atoms with Gasteiger partial charge in [0.2, 0.25) is 0 Å². The number of hydrogen-bond acceptors (Lipinski definition) is 5. The van der Waals surface area contributed by atoms with E-state index in [4.69, 9.17) is 9.47 Å². The molecule has 2 aliphatic heterocycles. The first kappa shape index (κ1) is 20.3. The number of aliphatic imine (C=N–C) groups is 1. The summed E-state index contributed by atoms with van der Waals surface area (Å²) in [7, 11) is 3.54. The number of guanidine groups is 1. The van der Waals surface area contributed by atoms with Gasteiger partial charge in [0.05, 0.1) is 26.4 Å². The van der Waals surface area contributed by atoms with Crippen LogP contribution in [0.1, 0.15) is 24.4 Å². The molecule has 150 valence electrons. The maximum atomic E-state index is 5.54. The van der Waals surface area contributed by atoms with E-state index in [1.54, 1.807) is 7.11 Å². The number of hydrogen-bond donors (Lipinski definition) is 2. The number of nitrogens with zero attached hydrogens (tertiary/aromatic N) is 2. The van der Waals surface area contributed by atoms with Gasteiger partial charge >= 0.3 is 0 Å². The van der Waals surface area contributed by atoms with Crippen LogP contribution in [-0.4, -0.2) is 75.4 Å². The molecule has 2 aliphatic rings. The van der Waals surface area contributed by atoms with Crippen molar-refractivity contribution >= 4 is 17.7 Å². The molecule has 2 saturated heterocycles. The van der Waals surface area contributed by atoms with Gasteiger partial charge in [0.25, 0.3) is 0 Å². The standard InChI is InChI=1S/C20H32N4O2S/c1-21-20(22-14-18-4-3-13-27-18)23-15-19(24-9-11-26-12-10-24)16-5-7-17(25-2)8-6-16/h5-8,18-19H,3-4,9-15H2,1-2H3,(H2,21,22,23). The predicted octanol–water partition coefficient (Wildman–Crippen LogP) is 2.13. The van der Waals surface area contributed by atoms with Crippen molar-refractivity contribution in [1.82, 2.24) is 15.5 Å². The fourth-order valence-corrected chi connectivity index (χ4v) is 4.80. The summed E-state index contributed by atoms with van der Waals surface area (Å²) in [6.45, 7) is 5.27. The Morgan fingerprint density at radius 2 is 2.07 bits per heavy atom. The van der Waals surface area contributed by atoms with Gasteiger partial charge in [0, 0.05) is 38.5 Å². The van der Waals surface area contributed by atoms with Gasteiger partial charge < -0.3 is 20.1 Å². The third-order valence-electron chi connectivity index (χ3n) is 5.19. The lowest BCUT2D eigenvalue weighted by Gasteiger charge is -2.35. The second kappa shape index (κ2) is 10.8. The number of thioether (sulfide) groups is 1. The molecule has 0 spiro atoms. The smallest absolute Gasteiger partial charge is 0.191 e. The number of rotatable bonds is 7. The Hall–Kier alpha value is -1.44. The van der Waals surface area contributed by atoms with Crippen LogP contribution in [0.3, 0.4) is 0 Å². The van der Waals surface area contributed by atoms with Gasteiger partial charge in [-0.2, -0.15) is 11.8 Å². The molecule has 7 heteroatoms. The Kier molecular flexibility index (Phi) is 8.10. The van der Waals surface area contributed by atoms with E-state index >= 15 is 0 Å². The van der Waals surface area contributed by atoms with E-state index in [-0.39, 0.29) is 6.04 Å². The highest BCUT2D eigenvalue weighted by Crippen LogP contribution is 2.25. The van der Waals surface area contributed by atoms with Crippen LogP contribution in [-0.2, 0) is 4.74 Å². The van der Waals surface area contributed by atoms with E-state index in [9.17, 15) is 0 Å². The number of ether oxygens (including phenoxy) is 2. The molecule has 2 fully saturated rings. The van der Waals surface area contributed by atoms with E-state index in [2.05, 4.69) is 44.4 Å². The summed E-state index contributed by atoms with van der Waals surface area (Å²) in [4.78, 5) is 6.89. The lowest BCUT2D eigenvalue weighted by Crippen LogP contribution is -2.47. The molecule has 1 aromatic rings. The largest absolute Gasteiger partial charge is 0.497 e. The van der Waals surface area contributed by atoms with Crippen molar-refractivity contribution in [3.8, 4) is 5.75 Å². The third kappa shape index (κ3) is 6.02. The highest BCUT2D eigenvalue weighted by Gasteiger charge is 2.23. The van der Waals surface area contributed by atoms with Gasteiger partial charge in [-0.05, 0) is 36.3 Å². The van der Waals surface area contributed by atoms with Crippen molar-refractivity contribution in [3.05, 3.63) is 29.8 Å². The molecule has 0 radical (unpaired) electrons. The molecule has 0 bridgehead atoms. The van der Waals surface area contributed by atoms with Crippen molar-refractivity contribution in [2.75, 3.05) is 59.3 Å². The van der Waals surface area contributed by atoms with Gasteiger partial charge in [-0.15, -0.1) is 0 Å². The summed E-state index contributed by atoms with van der Waals surface area (Å²) in [6.07, 6.45) is 2.64. The molecule has 0 aliphatic carbocycles. The zero-order valence-corrected chi connectivity index (χ0v) is 17.3. The van der Waals surface area contributed by atoms with Crippen LogP contribution < -0.4 is 15.4 Å². The van der Waals surface area contributed by atoms with Crippen LogP contribution >= 0.6 is 11.8 Å². The molecule has 2 heterocycles. The Labute approximate surface area is 167 Å². The van der Waals surface area contributed by atoms with Crippen LogP contribution in [0.4, 0.5) is 0 Å². The number of methoxy groups -OCH3 is 1. The molecule has 0 aromatic heterocycles. The molecule has 2 unspecified atom stereocenters. The minimum absolute atomic E-state index is 0.277. The lowest BCUT2D eigenvalue weighted by molar-refractivity contribution is 0.0170. The fraction of sp³-hybridized carbons (Fsp3) is 0.650. The topological polar surface area (TPSA) is 58.1 Å². The van der Waals surface area contributed by atoms with Crippen molar-refractivity contribution in [2.24, 2.45) is 4.99 Å². The first-order valence-corrected chi connectivity index (χ1v) is 10.9. The van der Waals surface area contributed by atoms with Gasteiger partial charge in [0.15, 0.2) is 5.96 Å². The summed E-state index contributed by atoms with van der Waals surface area (Å²) in [5.74, 6) is 3.06. The Bertz CT molecular complexity index is 584. The Balaban J connectivity index is 1.60. The second-order valence-corrected chi connectivity index (χ2v) is 8.31. The highest BCUT2D eigenvalue weighted by atomic mass is 32.2. The van der Waals surface area contributed by atoms with Crippen LogP contribution in [0.25, 0.3) is 0 Å². The molecule has 0 saturated carbocycles. The SMILES string of the molecule is CN=C(NCC1CCCS1)NCC(c1ccc(OC)cc1)N1CCOCC1. The maximum Gasteiger partial charge on any atom is 0.191 e.